The van der Waals surface area contributed by atoms with Gasteiger partial charge in [0, 0.05) is 13.1 Å². The number of anilines is 1. The number of nitrogens with zero attached hydrogens (tertiary/aromatic N) is 1. The molecule has 1 unspecified atom stereocenters. The van der Waals surface area contributed by atoms with Crippen LogP contribution in [-0.4, -0.2) is 35.5 Å². The highest BCUT2D eigenvalue weighted by atomic mass is 35.5. The minimum atomic E-state index is -0.226. The molecule has 106 valence electrons. The van der Waals surface area contributed by atoms with Gasteiger partial charge in [-0.1, -0.05) is 18.5 Å². The number of aromatic nitrogens is 1. The summed E-state index contributed by atoms with van der Waals surface area (Å²) in [6, 6.07) is 3.52. The molecule has 1 aromatic heterocycles. The Morgan fingerprint density at radius 2 is 2.26 bits per heavy atom. The Balaban J connectivity index is 2.62. The van der Waals surface area contributed by atoms with Crippen molar-refractivity contribution in [3.05, 3.63) is 22.8 Å². The van der Waals surface area contributed by atoms with Gasteiger partial charge in [0.25, 0.3) is 5.91 Å². The molecule has 0 spiro atoms. The van der Waals surface area contributed by atoms with Crippen molar-refractivity contribution in [3.8, 4) is 0 Å². The van der Waals surface area contributed by atoms with Gasteiger partial charge < -0.3 is 10.6 Å². The van der Waals surface area contributed by atoms with Crippen LogP contribution < -0.4 is 10.6 Å². The fourth-order valence-electron chi connectivity index (χ4n) is 1.51. The van der Waals surface area contributed by atoms with Crippen LogP contribution in [0.15, 0.2) is 12.1 Å². The standard InChI is InChI=1S/C13H20ClN3OS/c1-4-19-8-7-9(2)16-13(18)12-10(14)5-6-11(15-3)17-12/h5-6,9H,4,7-8H2,1-3H3,(H,15,17)(H,16,18). The molecule has 0 aliphatic carbocycles. The first-order chi connectivity index (χ1) is 9.08. The van der Waals surface area contributed by atoms with E-state index in [2.05, 4.69) is 22.5 Å². The molecule has 6 heteroatoms. The fraction of sp³-hybridized carbons (Fsp3) is 0.538. The molecule has 1 atom stereocenters. The van der Waals surface area contributed by atoms with Crippen molar-refractivity contribution >= 4 is 35.1 Å². The number of halogens is 1. The van der Waals surface area contributed by atoms with E-state index < -0.39 is 0 Å². The van der Waals surface area contributed by atoms with Crippen LogP contribution in [0.1, 0.15) is 30.8 Å². The molecule has 4 nitrogen and oxygen atoms in total. The number of hydrogen-bond donors (Lipinski definition) is 2. The van der Waals surface area contributed by atoms with Gasteiger partial charge in [0.1, 0.15) is 11.5 Å². The molecule has 1 amide bonds. The second-order valence-electron chi connectivity index (χ2n) is 4.14. The van der Waals surface area contributed by atoms with Crippen molar-refractivity contribution in [2.45, 2.75) is 26.3 Å². The van der Waals surface area contributed by atoms with Crippen molar-refractivity contribution in [2.24, 2.45) is 0 Å². The van der Waals surface area contributed by atoms with E-state index in [0.29, 0.717) is 10.8 Å². The third-order valence-electron chi connectivity index (χ3n) is 2.59. The number of rotatable bonds is 7. The van der Waals surface area contributed by atoms with Crippen LogP contribution in [-0.2, 0) is 0 Å². The summed E-state index contributed by atoms with van der Waals surface area (Å²) in [5.41, 5.74) is 0.267. The lowest BCUT2D eigenvalue weighted by Crippen LogP contribution is -2.33. The Morgan fingerprint density at radius 1 is 1.53 bits per heavy atom. The van der Waals surface area contributed by atoms with Gasteiger partial charge >= 0.3 is 0 Å². The first-order valence-electron chi connectivity index (χ1n) is 6.31. The maximum Gasteiger partial charge on any atom is 0.271 e. The van der Waals surface area contributed by atoms with E-state index in [4.69, 9.17) is 11.6 Å². The zero-order chi connectivity index (χ0) is 14.3. The average molecular weight is 302 g/mol. The summed E-state index contributed by atoms with van der Waals surface area (Å²) in [5, 5.41) is 6.18. The minimum Gasteiger partial charge on any atom is -0.373 e. The van der Waals surface area contributed by atoms with E-state index in [1.807, 2.05) is 18.7 Å². The van der Waals surface area contributed by atoms with Gasteiger partial charge in [-0.25, -0.2) is 4.98 Å². The van der Waals surface area contributed by atoms with Gasteiger partial charge in [-0.05, 0) is 37.0 Å². The monoisotopic (exact) mass is 301 g/mol. The van der Waals surface area contributed by atoms with E-state index in [-0.39, 0.29) is 17.6 Å². The first-order valence-corrected chi connectivity index (χ1v) is 7.84. The topological polar surface area (TPSA) is 54.0 Å². The van der Waals surface area contributed by atoms with Crippen molar-refractivity contribution in [1.29, 1.82) is 0 Å². The summed E-state index contributed by atoms with van der Waals surface area (Å²) in [7, 11) is 1.75. The van der Waals surface area contributed by atoms with Crippen LogP contribution in [0.25, 0.3) is 0 Å². The second kappa shape index (κ2) is 8.27. The Bertz CT molecular complexity index is 428. The minimum absolute atomic E-state index is 0.114. The SMILES string of the molecule is CCSCCC(C)NC(=O)c1nc(NC)ccc1Cl. The molecule has 1 heterocycles. The van der Waals surface area contributed by atoms with Crippen molar-refractivity contribution < 1.29 is 4.79 Å². The van der Waals surface area contributed by atoms with Crippen LogP contribution in [0.2, 0.25) is 5.02 Å². The predicted octanol–water partition coefficient (Wildman–Crippen LogP) is 3.04. The Morgan fingerprint density at radius 3 is 2.89 bits per heavy atom. The lowest BCUT2D eigenvalue weighted by atomic mass is 10.2. The van der Waals surface area contributed by atoms with E-state index in [1.54, 1.807) is 19.2 Å². The summed E-state index contributed by atoms with van der Waals surface area (Å²) in [6.07, 6.45) is 0.938. The molecule has 0 radical (unpaired) electrons. The zero-order valence-electron chi connectivity index (χ0n) is 11.5. The third kappa shape index (κ3) is 5.28. The molecule has 2 N–H and O–H groups in total. The molecule has 1 rings (SSSR count). The second-order valence-corrected chi connectivity index (χ2v) is 5.94. The van der Waals surface area contributed by atoms with Gasteiger partial charge in [-0.15, -0.1) is 0 Å². The van der Waals surface area contributed by atoms with E-state index >= 15 is 0 Å². The fourth-order valence-corrected chi connectivity index (χ4v) is 2.51. The number of thioether (sulfide) groups is 1. The zero-order valence-corrected chi connectivity index (χ0v) is 13.1. The van der Waals surface area contributed by atoms with Crippen LogP contribution in [0.3, 0.4) is 0 Å². The molecular formula is C13H20ClN3OS. The molecule has 0 aliphatic rings. The summed E-state index contributed by atoms with van der Waals surface area (Å²) in [6.45, 7) is 4.12. The van der Waals surface area contributed by atoms with Crippen molar-refractivity contribution in [2.75, 3.05) is 23.9 Å². The summed E-state index contributed by atoms with van der Waals surface area (Å²) < 4.78 is 0. The van der Waals surface area contributed by atoms with E-state index in [0.717, 1.165) is 17.9 Å². The summed E-state index contributed by atoms with van der Waals surface area (Å²) >= 11 is 7.87. The Labute approximate surface area is 123 Å². The van der Waals surface area contributed by atoms with Crippen molar-refractivity contribution in [3.63, 3.8) is 0 Å². The molecule has 0 saturated heterocycles. The highest BCUT2D eigenvalue weighted by Gasteiger charge is 2.15. The van der Waals surface area contributed by atoms with Gasteiger partial charge in [-0.3, -0.25) is 4.79 Å². The molecule has 0 fully saturated rings. The van der Waals surface area contributed by atoms with Crippen LogP contribution in [0, 0.1) is 0 Å². The number of nitrogens with one attached hydrogen (secondary N) is 2. The first kappa shape index (κ1) is 16.1. The highest BCUT2D eigenvalue weighted by molar-refractivity contribution is 7.99. The maximum atomic E-state index is 12.1. The molecule has 0 aromatic carbocycles. The molecule has 1 aromatic rings. The number of hydrogen-bond acceptors (Lipinski definition) is 4. The lowest BCUT2D eigenvalue weighted by molar-refractivity contribution is 0.0935. The van der Waals surface area contributed by atoms with E-state index in [9.17, 15) is 4.79 Å². The van der Waals surface area contributed by atoms with Crippen LogP contribution in [0.5, 0.6) is 0 Å². The summed E-state index contributed by atoms with van der Waals surface area (Å²) in [4.78, 5) is 16.3. The van der Waals surface area contributed by atoms with E-state index in [1.165, 1.54) is 0 Å². The smallest absolute Gasteiger partial charge is 0.271 e. The van der Waals surface area contributed by atoms with Gasteiger partial charge in [-0.2, -0.15) is 11.8 Å². The molecular weight excluding hydrogens is 282 g/mol. The number of carbonyl (C=O) groups is 1. The molecule has 19 heavy (non-hydrogen) atoms. The van der Waals surface area contributed by atoms with Crippen molar-refractivity contribution in [1.82, 2.24) is 10.3 Å². The number of carbonyl (C=O) groups excluding carboxylic acids is 1. The van der Waals surface area contributed by atoms with Crippen LogP contribution >= 0.6 is 23.4 Å². The molecule has 0 aliphatic heterocycles. The number of amides is 1. The van der Waals surface area contributed by atoms with Gasteiger partial charge in [0.2, 0.25) is 0 Å². The van der Waals surface area contributed by atoms with Crippen LogP contribution in [0.4, 0.5) is 5.82 Å². The largest absolute Gasteiger partial charge is 0.373 e. The number of pyridine rings is 1. The highest BCUT2D eigenvalue weighted by Crippen LogP contribution is 2.16. The van der Waals surface area contributed by atoms with Gasteiger partial charge in [0.05, 0.1) is 5.02 Å². The third-order valence-corrected chi connectivity index (χ3v) is 3.83. The molecule has 0 saturated carbocycles. The molecule has 0 bridgehead atoms. The Hall–Kier alpha value is -0.940. The Kier molecular flexibility index (Phi) is 7.02. The maximum absolute atomic E-state index is 12.1. The quantitative estimate of drug-likeness (QED) is 0.760. The lowest BCUT2D eigenvalue weighted by Gasteiger charge is -2.14. The summed E-state index contributed by atoms with van der Waals surface area (Å²) in [5.74, 6) is 2.54. The predicted molar refractivity (Wildman–Crippen MR) is 83.3 cm³/mol. The average Bonchev–Trinajstić information content (AvgIpc) is 2.39. The van der Waals surface area contributed by atoms with Gasteiger partial charge in [0.15, 0.2) is 0 Å². The normalized spacial score (nSPS) is 12.0.